The van der Waals surface area contributed by atoms with Crippen molar-refractivity contribution in [3.05, 3.63) is 35.9 Å². The van der Waals surface area contributed by atoms with Crippen LogP contribution in [0.15, 0.2) is 30.3 Å². The van der Waals surface area contributed by atoms with Crippen LogP contribution in [0.4, 0.5) is 0 Å². The van der Waals surface area contributed by atoms with E-state index in [1.165, 1.54) is 31.2 Å². The van der Waals surface area contributed by atoms with Gasteiger partial charge in [-0.15, -0.1) is 0 Å². The predicted octanol–water partition coefficient (Wildman–Crippen LogP) is 4.30. The van der Waals surface area contributed by atoms with Crippen molar-refractivity contribution in [1.82, 2.24) is 0 Å². The molecule has 1 saturated carbocycles. The first-order chi connectivity index (χ1) is 8.79. The van der Waals surface area contributed by atoms with Crippen LogP contribution in [0, 0.1) is 5.92 Å². The molecule has 3 unspecified atom stereocenters. The lowest BCUT2D eigenvalue weighted by Crippen LogP contribution is -2.24. The van der Waals surface area contributed by atoms with Crippen LogP contribution in [-0.4, -0.2) is 18.5 Å². The van der Waals surface area contributed by atoms with Crippen molar-refractivity contribution < 1.29 is 4.74 Å². The van der Waals surface area contributed by atoms with E-state index >= 15 is 0 Å². The molecule has 1 nitrogen and oxygen atoms in total. The molecule has 2 rings (SSSR count). The van der Waals surface area contributed by atoms with E-state index in [4.69, 9.17) is 4.74 Å². The summed E-state index contributed by atoms with van der Waals surface area (Å²) in [5, 5.41) is 0. The number of hydrogen-bond acceptors (Lipinski definition) is 2. The zero-order valence-electron chi connectivity index (χ0n) is 11.2. The first-order valence-corrected chi connectivity index (χ1v) is 7.70. The van der Waals surface area contributed by atoms with E-state index in [2.05, 4.69) is 49.9 Å². The van der Waals surface area contributed by atoms with Crippen LogP contribution in [0.25, 0.3) is 0 Å². The van der Waals surface area contributed by atoms with E-state index in [1.807, 2.05) is 0 Å². The standard InChI is InChI=1S/C16H24OS/c1-13-6-5-9-16(10-13)17-11-15(12-18)14-7-3-2-4-8-14/h2-4,7-8,13,15-16,18H,5-6,9-12H2,1H3. The van der Waals surface area contributed by atoms with E-state index in [1.54, 1.807) is 0 Å². The summed E-state index contributed by atoms with van der Waals surface area (Å²) in [6.07, 6.45) is 5.63. The van der Waals surface area contributed by atoms with Crippen molar-refractivity contribution in [2.45, 2.75) is 44.6 Å². The molecule has 1 fully saturated rings. The second-order valence-corrected chi connectivity index (χ2v) is 5.88. The zero-order valence-corrected chi connectivity index (χ0v) is 12.1. The minimum absolute atomic E-state index is 0.423. The molecule has 1 aliphatic carbocycles. The molecule has 0 spiro atoms. The molecular formula is C16H24OS. The maximum atomic E-state index is 6.11. The maximum Gasteiger partial charge on any atom is 0.0578 e. The zero-order chi connectivity index (χ0) is 12.8. The monoisotopic (exact) mass is 264 g/mol. The van der Waals surface area contributed by atoms with Crippen molar-refractivity contribution in [3.63, 3.8) is 0 Å². The van der Waals surface area contributed by atoms with Gasteiger partial charge >= 0.3 is 0 Å². The smallest absolute Gasteiger partial charge is 0.0578 e. The Kier molecular flexibility index (Phi) is 5.58. The molecule has 0 saturated heterocycles. The molecule has 0 amide bonds. The SMILES string of the molecule is CC1CCCC(OCC(CS)c2ccccc2)C1. The molecule has 1 aromatic rings. The molecule has 2 heteroatoms. The molecular weight excluding hydrogens is 240 g/mol. The van der Waals surface area contributed by atoms with Gasteiger partial charge in [-0.3, -0.25) is 0 Å². The van der Waals surface area contributed by atoms with Crippen LogP contribution < -0.4 is 0 Å². The van der Waals surface area contributed by atoms with Crippen molar-refractivity contribution in [1.29, 1.82) is 0 Å². The van der Waals surface area contributed by atoms with Gasteiger partial charge in [-0.25, -0.2) is 0 Å². The van der Waals surface area contributed by atoms with Crippen LogP contribution in [0.3, 0.4) is 0 Å². The minimum atomic E-state index is 0.423. The van der Waals surface area contributed by atoms with Crippen molar-refractivity contribution in [2.75, 3.05) is 12.4 Å². The third-order valence-electron chi connectivity index (χ3n) is 3.91. The number of hydrogen-bond donors (Lipinski definition) is 1. The van der Waals surface area contributed by atoms with Gasteiger partial charge in [0, 0.05) is 5.92 Å². The Balaban J connectivity index is 1.84. The Morgan fingerprint density at radius 2 is 2.06 bits per heavy atom. The van der Waals surface area contributed by atoms with Gasteiger partial charge in [-0.05, 0) is 30.1 Å². The first kappa shape index (κ1) is 14.0. The van der Waals surface area contributed by atoms with Crippen molar-refractivity contribution >= 4 is 12.6 Å². The number of thiol groups is 1. The van der Waals surface area contributed by atoms with Crippen molar-refractivity contribution in [3.8, 4) is 0 Å². The highest BCUT2D eigenvalue weighted by Crippen LogP contribution is 2.27. The Labute approximate surface area is 116 Å². The van der Waals surface area contributed by atoms with Crippen LogP contribution >= 0.6 is 12.6 Å². The first-order valence-electron chi connectivity index (χ1n) is 7.07. The lowest BCUT2D eigenvalue weighted by Gasteiger charge is -2.28. The average molecular weight is 264 g/mol. The Bertz CT molecular complexity index is 338. The fourth-order valence-electron chi connectivity index (χ4n) is 2.76. The van der Waals surface area contributed by atoms with Crippen LogP contribution in [-0.2, 0) is 4.74 Å². The Hall–Kier alpha value is -0.470. The van der Waals surface area contributed by atoms with Crippen LogP contribution in [0.5, 0.6) is 0 Å². The molecule has 1 aliphatic rings. The molecule has 1 aromatic carbocycles. The summed E-state index contributed by atoms with van der Waals surface area (Å²) < 4.78 is 6.11. The van der Waals surface area contributed by atoms with E-state index in [-0.39, 0.29) is 0 Å². The van der Waals surface area contributed by atoms with Gasteiger partial charge < -0.3 is 4.74 Å². The van der Waals surface area contributed by atoms with Gasteiger partial charge in [0.1, 0.15) is 0 Å². The Morgan fingerprint density at radius 3 is 2.72 bits per heavy atom. The largest absolute Gasteiger partial charge is 0.378 e. The van der Waals surface area contributed by atoms with Gasteiger partial charge in [-0.2, -0.15) is 12.6 Å². The fourth-order valence-corrected chi connectivity index (χ4v) is 3.08. The van der Waals surface area contributed by atoms with Gasteiger partial charge in [0.15, 0.2) is 0 Å². The highest BCUT2D eigenvalue weighted by molar-refractivity contribution is 7.80. The molecule has 0 heterocycles. The third kappa shape index (κ3) is 4.03. The van der Waals surface area contributed by atoms with E-state index in [0.29, 0.717) is 12.0 Å². The normalized spacial score (nSPS) is 25.9. The molecule has 0 aromatic heterocycles. The second kappa shape index (κ2) is 7.20. The highest BCUT2D eigenvalue weighted by atomic mass is 32.1. The molecule has 0 radical (unpaired) electrons. The summed E-state index contributed by atoms with van der Waals surface area (Å²) in [5.74, 6) is 2.11. The van der Waals surface area contributed by atoms with Crippen LogP contribution in [0.1, 0.15) is 44.1 Å². The number of ether oxygens (including phenoxy) is 1. The fraction of sp³-hybridized carbons (Fsp3) is 0.625. The molecule has 0 N–H and O–H groups in total. The summed E-state index contributed by atoms with van der Waals surface area (Å²) in [6, 6.07) is 10.6. The summed E-state index contributed by atoms with van der Waals surface area (Å²) in [6.45, 7) is 3.15. The maximum absolute atomic E-state index is 6.11. The van der Waals surface area contributed by atoms with Gasteiger partial charge in [0.2, 0.25) is 0 Å². The topological polar surface area (TPSA) is 9.23 Å². The highest BCUT2D eigenvalue weighted by Gasteiger charge is 2.20. The summed E-state index contributed by atoms with van der Waals surface area (Å²) in [4.78, 5) is 0. The third-order valence-corrected chi connectivity index (χ3v) is 4.35. The second-order valence-electron chi connectivity index (χ2n) is 5.52. The van der Waals surface area contributed by atoms with E-state index < -0.39 is 0 Å². The van der Waals surface area contributed by atoms with Gasteiger partial charge in [0.05, 0.1) is 12.7 Å². The molecule has 3 atom stereocenters. The lowest BCUT2D eigenvalue weighted by atomic mass is 9.88. The van der Waals surface area contributed by atoms with Crippen LogP contribution in [0.2, 0.25) is 0 Å². The summed E-state index contributed by atoms with van der Waals surface area (Å²) >= 11 is 4.46. The minimum Gasteiger partial charge on any atom is -0.378 e. The molecule has 100 valence electrons. The number of benzene rings is 1. The Morgan fingerprint density at radius 1 is 1.28 bits per heavy atom. The van der Waals surface area contributed by atoms with Gasteiger partial charge in [-0.1, -0.05) is 50.1 Å². The molecule has 18 heavy (non-hydrogen) atoms. The summed E-state index contributed by atoms with van der Waals surface area (Å²) in [5.41, 5.74) is 1.34. The molecule has 0 bridgehead atoms. The van der Waals surface area contributed by atoms with E-state index in [9.17, 15) is 0 Å². The quantitative estimate of drug-likeness (QED) is 0.780. The lowest BCUT2D eigenvalue weighted by molar-refractivity contribution is 0.0103. The number of rotatable bonds is 5. The summed E-state index contributed by atoms with van der Waals surface area (Å²) in [7, 11) is 0. The average Bonchev–Trinajstić information content (AvgIpc) is 2.41. The van der Waals surface area contributed by atoms with E-state index in [0.717, 1.165) is 18.3 Å². The predicted molar refractivity (Wildman–Crippen MR) is 80.4 cm³/mol. The van der Waals surface area contributed by atoms with Crippen molar-refractivity contribution in [2.24, 2.45) is 5.92 Å². The van der Waals surface area contributed by atoms with Gasteiger partial charge in [0.25, 0.3) is 0 Å². The molecule has 0 aliphatic heterocycles.